The van der Waals surface area contributed by atoms with Crippen molar-refractivity contribution in [3.05, 3.63) is 48.0 Å². The van der Waals surface area contributed by atoms with E-state index in [0.29, 0.717) is 12.0 Å². The first-order valence-corrected chi connectivity index (χ1v) is 5.93. The van der Waals surface area contributed by atoms with Gasteiger partial charge < -0.3 is 5.11 Å². The molecule has 1 aliphatic carbocycles. The lowest BCUT2D eigenvalue weighted by Crippen LogP contribution is -2.54. The zero-order chi connectivity index (χ0) is 12.8. The molecule has 0 aromatic heterocycles. The number of imide groups is 1. The normalized spacial score (nSPS) is 34.3. The highest BCUT2D eigenvalue weighted by Gasteiger charge is 2.65. The maximum Gasteiger partial charge on any atom is 0.260 e. The number of rotatable bonds is 1. The van der Waals surface area contributed by atoms with E-state index in [2.05, 4.69) is 5.32 Å². The fraction of sp³-hybridized carbons (Fsp3) is 0.286. The molecule has 1 fully saturated rings. The molecule has 1 heterocycles. The average Bonchev–Trinajstić information content (AvgIpc) is 2.59. The van der Waals surface area contributed by atoms with Gasteiger partial charge in [-0.3, -0.25) is 14.9 Å². The minimum absolute atomic E-state index is 0.260. The predicted octanol–water partition coefficient (Wildman–Crippen LogP) is 0.662. The van der Waals surface area contributed by atoms with E-state index in [1.165, 1.54) is 0 Å². The van der Waals surface area contributed by atoms with Gasteiger partial charge >= 0.3 is 0 Å². The van der Waals surface area contributed by atoms with Crippen molar-refractivity contribution >= 4 is 11.8 Å². The van der Waals surface area contributed by atoms with E-state index in [1.54, 1.807) is 30.3 Å². The molecule has 0 radical (unpaired) electrons. The smallest absolute Gasteiger partial charge is 0.260 e. The van der Waals surface area contributed by atoms with E-state index >= 15 is 0 Å². The van der Waals surface area contributed by atoms with Gasteiger partial charge in [-0.2, -0.15) is 0 Å². The van der Waals surface area contributed by atoms with Crippen LogP contribution in [0.25, 0.3) is 0 Å². The molecule has 2 N–H and O–H groups in total. The summed E-state index contributed by atoms with van der Waals surface area (Å²) in [5, 5.41) is 12.9. The zero-order valence-corrected chi connectivity index (χ0v) is 9.72. The van der Waals surface area contributed by atoms with Gasteiger partial charge in [-0.15, -0.1) is 0 Å². The Bertz CT molecular complexity index is 551. The summed E-state index contributed by atoms with van der Waals surface area (Å²) in [7, 11) is 0. The monoisotopic (exact) mass is 243 g/mol. The van der Waals surface area contributed by atoms with Crippen LogP contribution in [0.5, 0.6) is 0 Å². The number of aliphatic hydroxyl groups is 1. The molecule has 2 aliphatic rings. The SMILES string of the molecule is O=C1NC(=O)C2(c3ccccc3)C=CCCC12O. The van der Waals surface area contributed by atoms with E-state index < -0.39 is 22.8 Å². The number of nitrogens with one attached hydrogen (secondary N) is 1. The average molecular weight is 243 g/mol. The zero-order valence-electron chi connectivity index (χ0n) is 9.72. The summed E-state index contributed by atoms with van der Waals surface area (Å²) in [6, 6.07) is 8.95. The van der Waals surface area contributed by atoms with Crippen molar-refractivity contribution in [2.75, 3.05) is 0 Å². The molecule has 0 bridgehead atoms. The molecule has 1 saturated heterocycles. The van der Waals surface area contributed by atoms with Gasteiger partial charge in [0.05, 0.1) is 0 Å². The Labute approximate surface area is 104 Å². The second kappa shape index (κ2) is 3.53. The van der Waals surface area contributed by atoms with Crippen molar-refractivity contribution in [3.63, 3.8) is 0 Å². The highest BCUT2D eigenvalue weighted by Crippen LogP contribution is 2.46. The third kappa shape index (κ3) is 1.13. The summed E-state index contributed by atoms with van der Waals surface area (Å²) in [5.41, 5.74) is -2.30. The van der Waals surface area contributed by atoms with Gasteiger partial charge in [0.15, 0.2) is 5.60 Å². The maximum atomic E-state index is 12.2. The molecule has 3 rings (SSSR count). The van der Waals surface area contributed by atoms with Crippen LogP contribution >= 0.6 is 0 Å². The predicted molar refractivity (Wildman–Crippen MR) is 64.6 cm³/mol. The molecule has 18 heavy (non-hydrogen) atoms. The molecular weight excluding hydrogens is 230 g/mol. The Morgan fingerprint density at radius 2 is 1.83 bits per heavy atom. The summed E-state index contributed by atoms with van der Waals surface area (Å²) >= 11 is 0. The number of hydrogen-bond acceptors (Lipinski definition) is 3. The second-order valence-electron chi connectivity index (χ2n) is 4.76. The Morgan fingerprint density at radius 1 is 1.11 bits per heavy atom. The lowest BCUT2D eigenvalue weighted by Gasteiger charge is -2.38. The number of carbonyl (C=O) groups is 2. The van der Waals surface area contributed by atoms with Crippen LogP contribution in [0.15, 0.2) is 42.5 Å². The van der Waals surface area contributed by atoms with Crippen LogP contribution in [0.4, 0.5) is 0 Å². The summed E-state index contributed by atoms with van der Waals surface area (Å²) in [5.74, 6) is -1.04. The van der Waals surface area contributed by atoms with Crippen molar-refractivity contribution in [3.8, 4) is 0 Å². The molecule has 1 aromatic rings. The van der Waals surface area contributed by atoms with E-state index in [9.17, 15) is 14.7 Å². The standard InChI is InChI=1S/C14H13NO3/c16-11-13(10-6-2-1-3-7-10)8-4-5-9-14(13,18)12(17)15-11/h1-4,6-8,18H,5,9H2,(H,15,16,17). The van der Waals surface area contributed by atoms with Crippen LogP contribution in [0.1, 0.15) is 18.4 Å². The van der Waals surface area contributed by atoms with Crippen molar-refractivity contribution in [1.82, 2.24) is 5.32 Å². The molecular formula is C14H13NO3. The van der Waals surface area contributed by atoms with Gasteiger partial charge in [0.25, 0.3) is 5.91 Å². The van der Waals surface area contributed by atoms with E-state index in [-0.39, 0.29) is 6.42 Å². The molecule has 4 heteroatoms. The van der Waals surface area contributed by atoms with Crippen LogP contribution in [0, 0.1) is 0 Å². The fourth-order valence-corrected chi connectivity index (χ4v) is 2.92. The quantitative estimate of drug-likeness (QED) is 0.562. The van der Waals surface area contributed by atoms with Gasteiger partial charge in [-0.1, -0.05) is 42.5 Å². The first kappa shape index (κ1) is 11.2. The van der Waals surface area contributed by atoms with Gasteiger partial charge in [-0.05, 0) is 18.4 Å². The molecule has 1 aliphatic heterocycles. The highest BCUT2D eigenvalue weighted by molar-refractivity contribution is 6.15. The third-order valence-electron chi connectivity index (χ3n) is 3.88. The van der Waals surface area contributed by atoms with Crippen LogP contribution in [0.3, 0.4) is 0 Å². The van der Waals surface area contributed by atoms with Crippen LogP contribution < -0.4 is 5.32 Å². The Kier molecular flexibility index (Phi) is 2.19. The molecule has 0 spiro atoms. The molecule has 2 unspecified atom stereocenters. The van der Waals surface area contributed by atoms with Crippen LogP contribution in [-0.4, -0.2) is 22.5 Å². The summed E-state index contributed by atoms with van der Waals surface area (Å²) < 4.78 is 0. The second-order valence-corrected chi connectivity index (χ2v) is 4.76. The fourth-order valence-electron chi connectivity index (χ4n) is 2.92. The van der Waals surface area contributed by atoms with Crippen molar-refractivity contribution in [1.29, 1.82) is 0 Å². The lowest BCUT2D eigenvalue weighted by atomic mass is 9.64. The Hall–Kier alpha value is -1.94. The van der Waals surface area contributed by atoms with Gasteiger partial charge in [0.2, 0.25) is 5.91 Å². The molecule has 2 amide bonds. The summed E-state index contributed by atoms with van der Waals surface area (Å²) in [6.45, 7) is 0. The first-order valence-electron chi connectivity index (χ1n) is 5.93. The number of benzene rings is 1. The minimum atomic E-state index is -1.67. The molecule has 1 aromatic carbocycles. The minimum Gasteiger partial charge on any atom is -0.378 e. The third-order valence-corrected chi connectivity index (χ3v) is 3.88. The van der Waals surface area contributed by atoms with Crippen molar-refractivity contribution in [2.45, 2.75) is 23.9 Å². The van der Waals surface area contributed by atoms with E-state index in [1.807, 2.05) is 12.1 Å². The van der Waals surface area contributed by atoms with E-state index in [4.69, 9.17) is 0 Å². The number of carbonyl (C=O) groups excluding carboxylic acids is 2. The van der Waals surface area contributed by atoms with Gasteiger partial charge in [-0.25, -0.2) is 0 Å². The molecule has 2 atom stereocenters. The first-order chi connectivity index (χ1) is 8.61. The topological polar surface area (TPSA) is 66.4 Å². The molecule has 92 valence electrons. The lowest BCUT2D eigenvalue weighted by molar-refractivity contribution is -0.140. The van der Waals surface area contributed by atoms with E-state index in [0.717, 1.165) is 0 Å². The van der Waals surface area contributed by atoms with Crippen LogP contribution in [-0.2, 0) is 15.0 Å². The van der Waals surface area contributed by atoms with Gasteiger partial charge in [0.1, 0.15) is 5.41 Å². The molecule has 4 nitrogen and oxygen atoms in total. The van der Waals surface area contributed by atoms with Crippen molar-refractivity contribution < 1.29 is 14.7 Å². The highest BCUT2D eigenvalue weighted by atomic mass is 16.3. The number of amides is 2. The van der Waals surface area contributed by atoms with Crippen molar-refractivity contribution in [2.24, 2.45) is 0 Å². The number of hydrogen-bond donors (Lipinski definition) is 2. The summed E-state index contributed by atoms with van der Waals surface area (Å²) in [4.78, 5) is 24.1. The molecule has 0 saturated carbocycles. The largest absolute Gasteiger partial charge is 0.378 e. The Balaban J connectivity index is 2.28. The van der Waals surface area contributed by atoms with Gasteiger partial charge in [0, 0.05) is 0 Å². The number of allylic oxidation sites excluding steroid dienone is 1. The maximum absolute atomic E-state index is 12.2. The van der Waals surface area contributed by atoms with Crippen LogP contribution in [0.2, 0.25) is 0 Å². The summed E-state index contributed by atoms with van der Waals surface area (Å²) in [6.07, 6.45) is 4.35. The number of fused-ring (bicyclic) bond motifs is 1. The Morgan fingerprint density at radius 3 is 2.56 bits per heavy atom.